The number of allylic oxidation sites excluding steroid dienone is 1. The molecule has 2 heteroatoms. The quantitative estimate of drug-likeness (QED) is 0.502. The normalized spacial score (nSPS) is 9.77. The predicted octanol–water partition coefficient (Wildman–Crippen LogP) is 2.89. The van der Waals surface area contributed by atoms with E-state index in [1.807, 2.05) is 0 Å². The molecule has 0 heterocycles. The second-order valence-electron chi connectivity index (χ2n) is 3.13. The van der Waals surface area contributed by atoms with Crippen LogP contribution in [0.4, 0.5) is 4.39 Å². The molecule has 0 aromatic heterocycles. The summed E-state index contributed by atoms with van der Waals surface area (Å²) in [5.41, 5.74) is 1.53. The first-order valence-corrected chi connectivity index (χ1v) is 3.98. The third-order valence-corrected chi connectivity index (χ3v) is 1.69. The molecule has 0 unspecified atom stereocenters. The molecular weight excluding hydrogens is 167 g/mol. The maximum Gasteiger partial charge on any atom is 0.188 e. The monoisotopic (exact) mass is 178 g/mol. The predicted molar refractivity (Wildman–Crippen MR) is 50.3 cm³/mol. The molecule has 0 radical (unpaired) electrons. The van der Waals surface area contributed by atoms with Crippen LogP contribution in [-0.4, -0.2) is 5.78 Å². The maximum absolute atomic E-state index is 12.9. The zero-order valence-electron chi connectivity index (χ0n) is 7.73. The Morgan fingerprint density at radius 2 is 2.00 bits per heavy atom. The average molecular weight is 178 g/mol. The van der Waals surface area contributed by atoms with E-state index in [0.717, 1.165) is 5.56 Å². The van der Waals surface area contributed by atoms with Crippen LogP contribution in [0.1, 0.15) is 22.8 Å². The summed E-state index contributed by atoms with van der Waals surface area (Å²) in [6, 6.07) is 4.26. The summed E-state index contributed by atoms with van der Waals surface area (Å²) in [5, 5.41) is 0. The fourth-order valence-electron chi connectivity index (χ4n) is 1.11. The molecule has 0 amide bonds. The molecular formula is C11H11FO. The summed E-state index contributed by atoms with van der Waals surface area (Å²) in [5.74, 6) is -0.591. The summed E-state index contributed by atoms with van der Waals surface area (Å²) in [6.45, 7) is 6.88. The van der Waals surface area contributed by atoms with E-state index in [0.29, 0.717) is 11.1 Å². The molecule has 0 saturated carbocycles. The zero-order valence-corrected chi connectivity index (χ0v) is 7.73. The van der Waals surface area contributed by atoms with Gasteiger partial charge in [-0.15, -0.1) is 0 Å². The highest BCUT2D eigenvalue weighted by Crippen LogP contribution is 2.11. The second-order valence-corrected chi connectivity index (χ2v) is 3.13. The van der Waals surface area contributed by atoms with Gasteiger partial charge in [0.1, 0.15) is 5.82 Å². The number of aryl methyl sites for hydroxylation is 1. The Kier molecular flexibility index (Phi) is 2.61. The smallest absolute Gasteiger partial charge is 0.188 e. The molecule has 0 aliphatic heterocycles. The van der Waals surface area contributed by atoms with Crippen molar-refractivity contribution in [2.75, 3.05) is 0 Å². The van der Waals surface area contributed by atoms with Crippen molar-refractivity contribution in [1.29, 1.82) is 0 Å². The van der Waals surface area contributed by atoms with Gasteiger partial charge in [-0.3, -0.25) is 4.79 Å². The molecule has 0 N–H and O–H groups in total. The third-order valence-electron chi connectivity index (χ3n) is 1.69. The minimum atomic E-state index is -0.385. The van der Waals surface area contributed by atoms with E-state index in [-0.39, 0.29) is 11.6 Å². The summed E-state index contributed by atoms with van der Waals surface area (Å²) in [4.78, 5) is 11.4. The fourth-order valence-corrected chi connectivity index (χ4v) is 1.11. The van der Waals surface area contributed by atoms with Crippen LogP contribution in [0.25, 0.3) is 0 Å². The molecule has 0 aliphatic rings. The first-order chi connectivity index (χ1) is 6.00. The van der Waals surface area contributed by atoms with Gasteiger partial charge in [-0.25, -0.2) is 4.39 Å². The van der Waals surface area contributed by atoms with Gasteiger partial charge in [0, 0.05) is 5.56 Å². The SMILES string of the molecule is C=C(C)C(=O)c1cc(C)cc(F)c1. The van der Waals surface area contributed by atoms with Gasteiger partial charge in [-0.1, -0.05) is 6.58 Å². The lowest BCUT2D eigenvalue weighted by molar-refractivity contribution is 0.103. The van der Waals surface area contributed by atoms with Crippen molar-refractivity contribution in [2.45, 2.75) is 13.8 Å². The van der Waals surface area contributed by atoms with Gasteiger partial charge >= 0.3 is 0 Å². The first kappa shape index (κ1) is 9.65. The van der Waals surface area contributed by atoms with Gasteiger partial charge < -0.3 is 0 Å². The summed E-state index contributed by atoms with van der Waals surface area (Å²) >= 11 is 0. The number of carbonyl (C=O) groups is 1. The van der Waals surface area contributed by atoms with Gasteiger partial charge in [0.2, 0.25) is 0 Å². The molecule has 1 aromatic carbocycles. The lowest BCUT2D eigenvalue weighted by Gasteiger charge is -2.01. The Morgan fingerprint density at radius 1 is 1.38 bits per heavy atom. The summed E-state index contributed by atoms with van der Waals surface area (Å²) in [6.07, 6.45) is 0. The van der Waals surface area contributed by atoms with Crippen molar-refractivity contribution >= 4 is 5.78 Å². The standard InChI is InChI=1S/C11H11FO/c1-7(2)11(13)9-4-8(3)5-10(12)6-9/h4-6H,1H2,2-3H3. The van der Waals surface area contributed by atoms with E-state index < -0.39 is 0 Å². The number of hydrogen-bond donors (Lipinski definition) is 0. The number of hydrogen-bond acceptors (Lipinski definition) is 1. The lowest BCUT2D eigenvalue weighted by atomic mass is 10.0. The van der Waals surface area contributed by atoms with Crippen LogP contribution in [0.5, 0.6) is 0 Å². The number of rotatable bonds is 2. The third kappa shape index (κ3) is 2.25. The Balaban J connectivity index is 3.15. The molecule has 1 aromatic rings. The number of Topliss-reactive ketones (excluding diaryl/α,β-unsaturated/α-hetero) is 1. The van der Waals surface area contributed by atoms with Gasteiger partial charge in [0.25, 0.3) is 0 Å². The number of carbonyl (C=O) groups excluding carboxylic acids is 1. The fraction of sp³-hybridized carbons (Fsp3) is 0.182. The van der Waals surface area contributed by atoms with Gasteiger partial charge in [0.15, 0.2) is 5.78 Å². The maximum atomic E-state index is 12.9. The Bertz CT molecular complexity index is 346. The van der Waals surface area contributed by atoms with Crippen molar-refractivity contribution in [3.05, 3.63) is 47.3 Å². The minimum Gasteiger partial charge on any atom is -0.289 e. The van der Waals surface area contributed by atoms with Crippen LogP contribution in [-0.2, 0) is 0 Å². The van der Waals surface area contributed by atoms with Crippen molar-refractivity contribution in [1.82, 2.24) is 0 Å². The van der Waals surface area contributed by atoms with Crippen LogP contribution in [0.15, 0.2) is 30.4 Å². The minimum absolute atomic E-state index is 0.206. The van der Waals surface area contributed by atoms with Gasteiger partial charge in [-0.05, 0) is 43.2 Å². The Hall–Kier alpha value is -1.44. The van der Waals surface area contributed by atoms with Crippen LogP contribution >= 0.6 is 0 Å². The molecule has 0 aliphatic carbocycles. The topological polar surface area (TPSA) is 17.1 Å². The van der Waals surface area contributed by atoms with Crippen LogP contribution in [0, 0.1) is 12.7 Å². The number of benzene rings is 1. The van der Waals surface area contributed by atoms with E-state index in [9.17, 15) is 9.18 Å². The van der Waals surface area contributed by atoms with Crippen molar-refractivity contribution in [3.8, 4) is 0 Å². The van der Waals surface area contributed by atoms with Crippen LogP contribution in [0.2, 0.25) is 0 Å². The molecule has 0 spiro atoms. The van der Waals surface area contributed by atoms with Crippen molar-refractivity contribution < 1.29 is 9.18 Å². The second kappa shape index (κ2) is 3.52. The molecule has 13 heavy (non-hydrogen) atoms. The van der Waals surface area contributed by atoms with Gasteiger partial charge in [-0.2, -0.15) is 0 Å². The molecule has 0 atom stereocenters. The summed E-state index contributed by atoms with van der Waals surface area (Å²) in [7, 11) is 0. The van der Waals surface area contributed by atoms with E-state index >= 15 is 0 Å². The molecule has 1 nitrogen and oxygen atoms in total. The molecule has 68 valence electrons. The molecule has 1 rings (SSSR count). The zero-order chi connectivity index (χ0) is 10.0. The van der Waals surface area contributed by atoms with E-state index in [4.69, 9.17) is 0 Å². The summed E-state index contributed by atoms with van der Waals surface area (Å²) < 4.78 is 12.9. The molecule has 0 saturated heterocycles. The number of halogens is 1. The van der Waals surface area contributed by atoms with Crippen LogP contribution < -0.4 is 0 Å². The van der Waals surface area contributed by atoms with E-state index in [2.05, 4.69) is 6.58 Å². The van der Waals surface area contributed by atoms with E-state index in [1.165, 1.54) is 12.1 Å². The largest absolute Gasteiger partial charge is 0.289 e. The van der Waals surface area contributed by atoms with Gasteiger partial charge in [0.05, 0.1) is 0 Å². The molecule has 0 bridgehead atoms. The molecule has 0 fully saturated rings. The Morgan fingerprint density at radius 3 is 2.46 bits per heavy atom. The highest BCUT2D eigenvalue weighted by atomic mass is 19.1. The van der Waals surface area contributed by atoms with E-state index in [1.54, 1.807) is 19.9 Å². The lowest BCUT2D eigenvalue weighted by Crippen LogP contribution is -2.00. The van der Waals surface area contributed by atoms with Crippen molar-refractivity contribution in [3.63, 3.8) is 0 Å². The Labute approximate surface area is 76.9 Å². The number of ketones is 1. The highest BCUT2D eigenvalue weighted by molar-refractivity contribution is 6.07. The van der Waals surface area contributed by atoms with Crippen molar-refractivity contribution in [2.24, 2.45) is 0 Å². The van der Waals surface area contributed by atoms with Crippen LogP contribution in [0.3, 0.4) is 0 Å². The highest BCUT2D eigenvalue weighted by Gasteiger charge is 2.07. The average Bonchev–Trinajstić information content (AvgIpc) is 2.01. The first-order valence-electron chi connectivity index (χ1n) is 3.98.